The Morgan fingerprint density at radius 2 is 2.00 bits per heavy atom. The van der Waals surface area contributed by atoms with Crippen molar-refractivity contribution in [2.45, 2.75) is 45.6 Å². The molecule has 2 aliphatic rings. The van der Waals surface area contributed by atoms with E-state index >= 15 is 0 Å². The van der Waals surface area contributed by atoms with Crippen molar-refractivity contribution in [1.82, 2.24) is 0 Å². The topological polar surface area (TPSA) is 29.5 Å². The molecule has 0 spiro atoms. The minimum atomic E-state index is -0.589. The average molecular weight is 198 g/mol. The van der Waals surface area contributed by atoms with Crippen LogP contribution < -0.4 is 0 Å². The zero-order chi connectivity index (χ0) is 10.6. The highest BCUT2D eigenvalue weighted by atomic mass is 16.5. The van der Waals surface area contributed by atoms with Gasteiger partial charge < -0.3 is 9.84 Å². The van der Waals surface area contributed by atoms with Crippen LogP contribution in [0.3, 0.4) is 0 Å². The predicted octanol–water partition coefficient (Wildman–Crippen LogP) is 2.21. The van der Waals surface area contributed by atoms with Crippen LogP contribution in [-0.4, -0.2) is 24.4 Å². The van der Waals surface area contributed by atoms with Crippen molar-refractivity contribution in [2.75, 3.05) is 13.7 Å². The third-order valence-corrected chi connectivity index (χ3v) is 5.43. The lowest BCUT2D eigenvalue weighted by molar-refractivity contribution is -0.127. The summed E-state index contributed by atoms with van der Waals surface area (Å²) in [6, 6.07) is 0. The number of aliphatic hydroxyl groups is 1. The van der Waals surface area contributed by atoms with Crippen LogP contribution in [0.5, 0.6) is 0 Å². The molecule has 0 aromatic rings. The van der Waals surface area contributed by atoms with Crippen LogP contribution in [0.15, 0.2) is 0 Å². The van der Waals surface area contributed by atoms with Gasteiger partial charge in [-0.25, -0.2) is 0 Å². The van der Waals surface area contributed by atoms with E-state index in [4.69, 9.17) is 4.74 Å². The summed E-state index contributed by atoms with van der Waals surface area (Å²) in [5.41, 5.74) is -0.283. The zero-order valence-corrected chi connectivity index (χ0v) is 9.76. The van der Waals surface area contributed by atoms with Crippen LogP contribution in [0.4, 0.5) is 0 Å². The van der Waals surface area contributed by atoms with Crippen LogP contribution in [0.1, 0.15) is 40.0 Å². The monoisotopic (exact) mass is 198 g/mol. The molecular formula is C12H22O2. The van der Waals surface area contributed by atoms with Crippen molar-refractivity contribution in [3.63, 3.8) is 0 Å². The Bertz CT molecular complexity index is 249. The molecule has 2 nitrogen and oxygen atoms in total. The van der Waals surface area contributed by atoms with Crippen molar-refractivity contribution in [3.8, 4) is 0 Å². The van der Waals surface area contributed by atoms with Crippen molar-refractivity contribution < 1.29 is 9.84 Å². The normalized spacial score (nSPS) is 49.9. The van der Waals surface area contributed by atoms with E-state index in [0.29, 0.717) is 12.5 Å². The van der Waals surface area contributed by atoms with Crippen LogP contribution in [0, 0.1) is 16.7 Å². The van der Waals surface area contributed by atoms with Gasteiger partial charge in [-0.15, -0.1) is 0 Å². The third kappa shape index (κ3) is 0.938. The van der Waals surface area contributed by atoms with Gasteiger partial charge in [0.1, 0.15) is 0 Å². The highest BCUT2D eigenvalue weighted by molar-refractivity contribution is 5.17. The maximum absolute atomic E-state index is 10.7. The van der Waals surface area contributed by atoms with Gasteiger partial charge in [0.05, 0.1) is 12.2 Å². The maximum atomic E-state index is 10.7. The van der Waals surface area contributed by atoms with Crippen molar-refractivity contribution in [3.05, 3.63) is 0 Å². The average Bonchev–Trinajstić information content (AvgIpc) is 2.36. The van der Waals surface area contributed by atoms with Gasteiger partial charge >= 0.3 is 0 Å². The van der Waals surface area contributed by atoms with Gasteiger partial charge in [-0.3, -0.25) is 0 Å². The van der Waals surface area contributed by atoms with Gasteiger partial charge in [0.25, 0.3) is 0 Å². The smallest absolute Gasteiger partial charge is 0.0941 e. The number of ether oxygens (including phenoxy) is 1. The lowest BCUT2D eigenvalue weighted by Gasteiger charge is -2.44. The first-order valence-electron chi connectivity index (χ1n) is 5.59. The lowest BCUT2D eigenvalue weighted by atomic mass is 9.65. The highest BCUT2D eigenvalue weighted by Gasteiger charge is 2.68. The molecule has 2 aliphatic carbocycles. The van der Waals surface area contributed by atoms with Gasteiger partial charge in [0.2, 0.25) is 0 Å². The van der Waals surface area contributed by atoms with Gasteiger partial charge in [0, 0.05) is 12.5 Å². The van der Waals surface area contributed by atoms with Gasteiger partial charge in [0.15, 0.2) is 0 Å². The van der Waals surface area contributed by atoms with E-state index in [9.17, 15) is 5.11 Å². The van der Waals surface area contributed by atoms with E-state index in [1.807, 2.05) is 0 Å². The largest absolute Gasteiger partial charge is 0.387 e. The molecule has 0 heterocycles. The zero-order valence-electron chi connectivity index (χ0n) is 9.76. The molecule has 0 amide bonds. The van der Waals surface area contributed by atoms with Crippen LogP contribution in [-0.2, 0) is 4.74 Å². The number of methoxy groups -OCH3 is 1. The summed E-state index contributed by atoms with van der Waals surface area (Å²) in [6.45, 7) is 7.33. The number of hydrogen-bond acceptors (Lipinski definition) is 2. The second kappa shape index (κ2) is 2.73. The van der Waals surface area contributed by atoms with Crippen LogP contribution in [0.25, 0.3) is 0 Å². The van der Waals surface area contributed by atoms with Crippen LogP contribution >= 0.6 is 0 Å². The molecular weight excluding hydrogens is 176 g/mol. The Hall–Kier alpha value is -0.0800. The van der Waals surface area contributed by atoms with E-state index in [2.05, 4.69) is 20.8 Å². The molecule has 2 rings (SSSR count). The first-order valence-corrected chi connectivity index (χ1v) is 5.59. The third-order valence-electron chi connectivity index (χ3n) is 5.43. The summed E-state index contributed by atoms with van der Waals surface area (Å²) >= 11 is 0. The second-order valence-electron chi connectivity index (χ2n) is 5.96. The van der Waals surface area contributed by atoms with Crippen molar-refractivity contribution >= 4 is 0 Å². The summed E-state index contributed by atoms with van der Waals surface area (Å²) in [5.74, 6) is 0.674. The Morgan fingerprint density at radius 1 is 1.36 bits per heavy atom. The van der Waals surface area contributed by atoms with E-state index in [1.165, 1.54) is 6.42 Å². The molecule has 0 aromatic heterocycles. The van der Waals surface area contributed by atoms with Crippen molar-refractivity contribution in [2.24, 2.45) is 16.7 Å². The molecule has 3 unspecified atom stereocenters. The van der Waals surface area contributed by atoms with E-state index in [-0.39, 0.29) is 10.8 Å². The molecule has 0 radical (unpaired) electrons. The fourth-order valence-electron chi connectivity index (χ4n) is 3.88. The molecule has 82 valence electrons. The molecule has 2 heteroatoms. The summed E-state index contributed by atoms with van der Waals surface area (Å²) in [5, 5.41) is 10.7. The second-order valence-corrected chi connectivity index (χ2v) is 5.96. The maximum Gasteiger partial charge on any atom is 0.0941 e. The van der Waals surface area contributed by atoms with E-state index in [1.54, 1.807) is 7.11 Å². The highest BCUT2D eigenvalue weighted by Crippen LogP contribution is 2.69. The summed E-state index contributed by atoms with van der Waals surface area (Å²) in [4.78, 5) is 0. The van der Waals surface area contributed by atoms with Gasteiger partial charge in [-0.05, 0) is 30.6 Å². The summed E-state index contributed by atoms with van der Waals surface area (Å²) in [7, 11) is 1.68. The minimum absolute atomic E-state index is 0.0423. The SMILES string of the molecule is COCC1(O)CC2CCC1(C)C2(C)C. The van der Waals surface area contributed by atoms with Gasteiger partial charge in [-0.2, -0.15) is 0 Å². The lowest BCUT2D eigenvalue weighted by Crippen LogP contribution is -2.50. The summed E-state index contributed by atoms with van der Waals surface area (Å²) < 4.78 is 5.19. The Labute approximate surface area is 86.6 Å². The van der Waals surface area contributed by atoms with Gasteiger partial charge in [-0.1, -0.05) is 20.8 Å². The molecule has 2 saturated carbocycles. The molecule has 0 aromatic carbocycles. The first kappa shape index (κ1) is 10.4. The molecule has 0 aliphatic heterocycles. The number of fused-ring (bicyclic) bond motifs is 2. The standard InChI is InChI=1S/C12H22O2/c1-10(2)9-5-6-11(10,3)12(13,7-9)8-14-4/h9,13H,5-8H2,1-4H3. The van der Waals surface area contributed by atoms with Crippen molar-refractivity contribution in [1.29, 1.82) is 0 Å². The molecule has 2 fully saturated rings. The fourth-order valence-corrected chi connectivity index (χ4v) is 3.88. The Balaban J connectivity index is 2.35. The summed E-state index contributed by atoms with van der Waals surface area (Å²) in [6.07, 6.45) is 3.34. The first-order chi connectivity index (χ1) is 6.37. The Morgan fingerprint density at radius 3 is 2.36 bits per heavy atom. The molecule has 1 N–H and O–H groups in total. The molecule has 3 atom stereocenters. The molecule has 2 bridgehead atoms. The quantitative estimate of drug-likeness (QED) is 0.737. The van der Waals surface area contributed by atoms with Crippen LogP contribution in [0.2, 0.25) is 0 Å². The van der Waals surface area contributed by atoms with E-state index < -0.39 is 5.60 Å². The Kier molecular flexibility index (Phi) is 2.04. The number of rotatable bonds is 2. The predicted molar refractivity (Wildman–Crippen MR) is 56.1 cm³/mol. The number of hydrogen-bond donors (Lipinski definition) is 1. The fraction of sp³-hybridized carbons (Fsp3) is 1.00. The minimum Gasteiger partial charge on any atom is -0.387 e. The molecule has 0 saturated heterocycles. The molecule has 14 heavy (non-hydrogen) atoms. The van der Waals surface area contributed by atoms with E-state index in [0.717, 1.165) is 12.8 Å².